The van der Waals surface area contributed by atoms with E-state index in [1.807, 2.05) is 26.0 Å². The Morgan fingerprint density at radius 1 is 1.30 bits per heavy atom. The highest BCUT2D eigenvalue weighted by Crippen LogP contribution is 2.12. The van der Waals surface area contributed by atoms with Crippen LogP contribution in [0.4, 0.5) is 0 Å². The van der Waals surface area contributed by atoms with E-state index in [-0.39, 0.29) is 17.9 Å². The maximum absolute atomic E-state index is 12.2. The van der Waals surface area contributed by atoms with Gasteiger partial charge in [0.05, 0.1) is 6.54 Å². The SMILES string of the molecule is CC(C)NC(=O)CN1CCN(C(=O)/C=C/c2ccc(I)o2)CC1. The van der Waals surface area contributed by atoms with E-state index in [0.29, 0.717) is 38.5 Å². The van der Waals surface area contributed by atoms with Crippen LogP contribution in [-0.4, -0.2) is 60.4 Å². The zero-order valence-electron chi connectivity index (χ0n) is 13.4. The van der Waals surface area contributed by atoms with Crippen LogP contribution in [0.1, 0.15) is 19.6 Å². The van der Waals surface area contributed by atoms with Gasteiger partial charge in [-0.05, 0) is 54.6 Å². The van der Waals surface area contributed by atoms with Crippen LogP contribution in [0.15, 0.2) is 22.6 Å². The largest absolute Gasteiger partial charge is 0.451 e. The third-order valence-electron chi connectivity index (χ3n) is 3.49. The van der Waals surface area contributed by atoms with E-state index in [2.05, 4.69) is 32.8 Å². The smallest absolute Gasteiger partial charge is 0.246 e. The second kappa shape index (κ2) is 8.49. The summed E-state index contributed by atoms with van der Waals surface area (Å²) in [5.41, 5.74) is 0. The molecule has 1 fully saturated rings. The number of piperazine rings is 1. The molecule has 1 aliphatic rings. The fourth-order valence-electron chi connectivity index (χ4n) is 2.37. The van der Waals surface area contributed by atoms with Gasteiger partial charge < -0.3 is 14.6 Å². The molecular weight excluding hydrogens is 409 g/mol. The van der Waals surface area contributed by atoms with Gasteiger partial charge in [0.25, 0.3) is 0 Å². The summed E-state index contributed by atoms with van der Waals surface area (Å²) in [4.78, 5) is 27.8. The van der Waals surface area contributed by atoms with E-state index < -0.39 is 0 Å². The van der Waals surface area contributed by atoms with Gasteiger partial charge in [0.1, 0.15) is 5.76 Å². The molecule has 2 rings (SSSR count). The molecule has 0 saturated carbocycles. The molecule has 23 heavy (non-hydrogen) atoms. The molecule has 0 aliphatic carbocycles. The van der Waals surface area contributed by atoms with E-state index in [1.54, 1.807) is 11.0 Å². The van der Waals surface area contributed by atoms with Crippen molar-refractivity contribution in [1.29, 1.82) is 0 Å². The lowest BCUT2D eigenvalue weighted by atomic mass is 10.3. The van der Waals surface area contributed by atoms with Crippen LogP contribution in [0.3, 0.4) is 0 Å². The van der Waals surface area contributed by atoms with E-state index in [9.17, 15) is 9.59 Å². The van der Waals surface area contributed by atoms with Crippen LogP contribution in [0.25, 0.3) is 6.08 Å². The van der Waals surface area contributed by atoms with Crippen molar-refractivity contribution >= 4 is 40.5 Å². The van der Waals surface area contributed by atoms with Crippen molar-refractivity contribution in [3.05, 3.63) is 27.7 Å². The lowest BCUT2D eigenvalue weighted by Gasteiger charge is -2.33. The van der Waals surface area contributed by atoms with Gasteiger partial charge >= 0.3 is 0 Å². The van der Waals surface area contributed by atoms with Crippen molar-refractivity contribution in [3.8, 4) is 0 Å². The second-order valence-electron chi connectivity index (χ2n) is 5.80. The quantitative estimate of drug-likeness (QED) is 0.568. The summed E-state index contributed by atoms with van der Waals surface area (Å²) in [5.74, 6) is 0.682. The van der Waals surface area contributed by atoms with Gasteiger partial charge in [0.15, 0.2) is 3.77 Å². The Labute approximate surface area is 150 Å². The van der Waals surface area contributed by atoms with Crippen LogP contribution in [0.5, 0.6) is 0 Å². The zero-order valence-corrected chi connectivity index (χ0v) is 15.6. The first-order chi connectivity index (χ1) is 10.9. The van der Waals surface area contributed by atoms with Crippen LogP contribution in [-0.2, 0) is 9.59 Å². The molecule has 126 valence electrons. The highest BCUT2D eigenvalue weighted by Gasteiger charge is 2.21. The van der Waals surface area contributed by atoms with Crippen molar-refractivity contribution in [3.63, 3.8) is 0 Å². The number of rotatable bonds is 5. The van der Waals surface area contributed by atoms with E-state index in [0.717, 1.165) is 3.77 Å². The Morgan fingerprint density at radius 3 is 2.57 bits per heavy atom. The monoisotopic (exact) mass is 431 g/mol. The van der Waals surface area contributed by atoms with Gasteiger partial charge in [-0.2, -0.15) is 0 Å². The molecule has 1 saturated heterocycles. The number of carbonyl (C=O) groups excluding carboxylic acids is 2. The first-order valence-corrected chi connectivity index (χ1v) is 8.76. The van der Waals surface area contributed by atoms with Gasteiger partial charge in [0, 0.05) is 38.3 Å². The van der Waals surface area contributed by atoms with Crippen molar-refractivity contribution < 1.29 is 14.0 Å². The maximum atomic E-state index is 12.2. The Kier molecular flexibility index (Phi) is 6.64. The van der Waals surface area contributed by atoms with Gasteiger partial charge in [-0.1, -0.05) is 0 Å². The second-order valence-corrected chi connectivity index (χ2v) is 6.86. The predicted molar refractivity (Wildman–Crippen MR) is 96.8 cm³/mol. The average Bonchev–Trinajstić information content (AvgIpc) is 2.90. The highest BCUT2D eigenvalue weighted by atomic mass is 127. The molecule has 2 heterocycles. The molecule has 2 amide bonds. The number of carbonyl (C=O) groups is 2. The Hall–Kier alpha value is -1.35. The third kappa shape index (κ3) is 5.98. The van der Waals surface area contributed by atoms with Crippen molar-refractivity contribution in [2.45, 2.75) is 19.9 Å². The predicted octanol–water partition coefficient (Wildman–Crippen LogP) is 1.57. The summed E-state index contributed by atoms with van der Waals surface area (Å²) in [5, 5.41) is 2.88. The van der Waals surface area contributed by atoms with Crippen LogP contribution in [0, 0.1) is 3.77 Å². The Morgan fingerprint density at radius 2 is 2.00 bits per heavy atom. The average molecular weight is 431 g/mol. The molecule has 0 unspecified atom stereocenters. The lowest BCUT2D eigenvalue weighted by Crippen LogP contribution is -2.51. The normalized spacial score (nSPS) is 16.3. The Bertz CT molecular complexity index is 575. The molecule has 1 aromatic rings. The maximum Gasteiger partial charge on any atom is 0.246 e. The van der Waals surface area contributed by atoms with E-state index >= 15 is 0 Å². The summed E-state index contributed by atoms with van der Waals surface area (Å²) in [6.45, 7) is 6.97. The number of hydrogen-bond donors (Lipinski definition) is 1. The zero-order chi connectivity index (χ0) is 16.8. The van der Waals surface area contributed by atoms with Gasteiger partial charge in [-0.25, -0.2) is 0 Å². The Balaban J connectivity index is 1.76. The highest BCUT2D eigenvalue weighted by molar-refractivity contribution is 14.1. The first-order valence-electron chi connectivity index (χ1n) is 7.68. The van der Waals surface area contributed by atoms with Crippen LogP contribution >= 0.6 is 22.6 Å². The minimum Gasteiger partial charge on any atom is -0.451 e. The fraction of sp³-hybridized carbons (Fsp3) is 0.500. The summed E-state index contributed by atoms with van der Waals surface area (Å²) >= 11 is 2.09. The van der Waals surface area contributed by atoms with Gasteiger partial charge in [-0.3, -0.25) is 14.5 Å². The molecule has 6 nitrogen and oxygen atoms in total. The molecule has 1 aromatic heterocycles. The van der Waals surface area contributed by atoms with E-state index in [1.165, 1.54) is 6.08 Å². The van der Waals surface area contributed by atoms with Crippen molar-refractivity contribution in [2.75, 3.05) is 32.7 Å². The number of nitrogens with one attached hydrogen (secondary N) is 1. The third-order valence-corrected chi connectivity index (χ3v) is 4.06. The van der Waals surface area contributed by atoms with Gasteiger partial charge in [-0.15, -0.1) is 0 Å². The molecule has 0 radical (unpaired) electrons. The van der Waals surface area contributed by atoms with Crippen molar-refractivity contribution in [2.24, 2.45) is 0 Å². The summed E-state index contributed by atoms with van der Waals surface area (Å²) in [7, 11) is 0. The van der Waals surface area contributed by atoms with Gasteiger partial charge in [0.2, 0.25) is 11.8 Å². The molecule has 0 bridgehead atoms. The summed E-state index contributed by atoms with van der Waals surface area (Å²) < 4.78 is 6.18. The summed E-state index contributed by atoms with van der Waals surface area (Å²) in [6.07, 6.45) is 3.23. The minimum absolute atomic E-state index is 0.0253. The van der Waals surface area contributed by atoms with Crippen LogP contribution < -0.4 is 5.32 Å². The van der Waals surface area contributed by atoms with E-state index in [4.69, 9.17) is 4.42 Å². The molecule has 1 N–H and O–H groups in total. The first kappa shape index (κ1) is 18.0. The fourth-order valence-corrected chi connectivity index (χ4v) is 2.81. The number of furan rings is 1. The number of halogens is 1. The topological polar surface area (TPSA) is 65.8 Å². The number of nitrogens with zero attached hydrogens (tertiary/aromatic N) is 2. The summed E-state index contributed by atoms with van der Waals surface area (Å²) in [6, 6.07) is 3.84. The lowest BCUT2D eigenvalue weighted by molar-refractivity contribution is -0.128. The molecule has 1 aliphatic heterocycles. The number of amides is 2. The molecule has 0 spiro atoms. The minimum atomic E-state index is -0.0253. The molecular formula is C16H22IN3O3. The van der Waals surface area contributed by atoms with Crippen molar-refractivity contribution in [1.82, 2.24) is 15.1 Å². The molecule has 0 atom stereocenters. The molecule has 7 heteroatoms. The van der Waals surface area contributed by atoms with Crippen LogP contribution in [0.2, 0.25) is 0 Å². The molecule has 0 aromatic carbocycles. The standard InChI is InChI=1S/C16H22IN3O3/c1-12(2)18-15(21)11-19-7-9-20(10-8-19)16(22)6-4-13-3-5-14(17)23-13/h3-6,12H,7-11H2,1-2H3,(H,18,21)/b6-4+. The number of hydrogen-bond acceptors (Lipinski definition) is 4.